The van der Waals surface area contributed by atoms with Gasteiger partial charge in [0.25, 0.3) is 0 Å². The first-order valence-corrected chi connectivity index (χ1v) is 7.69. The number of amides is 1. The standard InChI is InChI=1S/C19H19N3O/c1-3-4-8-18(23)22-16-7-5-6-14(9-16)15-10-17-13(2)11-20-19(17)21-12-15/h4-12H,3H2,1-2H3,(H,20,21)(H,22,23). The van der Waals surface area contributed by atoms with Gasteiger partial charge in [-0.05, 0) is 48.7 Å². The maximum absolute atomic E-state index is 11.8. The molecule has 0 spiro atoms. The Balaban J connectivity index is 1.90. The second kappa shape index (κ2) is 6.48. The summed E-state index contributed by atoms with van der Waals surface area (Å²) >= 11 is 0. The van der Waals surface area contributed by atoms with Crippen molar-refractivity contribution in [3.63, 3.8) is 0 Å². The van der Waals surface area contributed by atoms with Crippen LogP contribution in [0.15, 0.2) is 54.9 Å². The fraction of sp³-hybridized carbons (Fsp3) is 0.158. The van der Waals surface area contributed by atoms with E-state index in [4.69, 9.17) is 0 Å². The predicted molar refractivity (Wildman–Crippen MR) is 94.3 cm³/mol. The summed E-state index contributed by atoms with van der Waals surface area (Å²) in [5.41, 5.74) is 4.89. The molecule has 0 radical (unpaired) electrons. The first kappa shape index (κ1) is 15.0. The van der Waals surface area contributed by atoms with Crippen molar-refractivity contribution in [1.82, 2.24) is 9.97 Å². The monoisotopic (exact) mass is 305 g/mol. The van der Waals surface area contributed by atoms with Crippen molar-refractivity contribution in [3.05, 3.63) is 60.4 Å². The molecule has 0 aliphatic carbocycles. The molecule has 4 nitrogen and oxygen atoms in total. The van der Waals surface area contributed by atoms with E-state index >= 15 is 0 Å². The van der Waals surface area contributed by atoms with Crippen molar-refractivity contribution in [2.45, 2.75) is 20.3 Å². The Labute approximate surface area is 135 Å². The zero-order valence-corrected chi connectivity index (χ0v) is 13.3. The molecule has 1 amide bonds. The highest BCUT2D eigenvalue weighted by Gasteiger charge is 2.06. The molecule has 2 aromatic heterocycles. The maximum Gasteiger partial charge on any atom is 0.248 e. The van der Waals surface area contributed by atoms with E-state index in [1.807, 2.05) is 49.7 Å². The molecular weight excluding hydrogens is 286 g/mol. The van der Waals surface area contributed by atoms with E-state index in [2.05, 4.69) is 28.3 Å². The van der Waals surface area contributed by atoms with Crippen molar-refractivity contribution >= 4 is 22.6 Å². The van der Waals surface area contributed by atoms with Crippen LogP contribution < -0.4 is 5.32 Å². The van der Waals surface area contributed by atoms with Gasteiger partial charge >= 0.3 is 0 Å². The third-order valence-corrected chi connectivity index (χ3v) is 3.71. The number of allylic oxidation sites excluding steroid dienone is 1. The molecule has 0 atom stereocenters. The number of carbonyl (C=O) groups is 1. The number of aromatic nitrogens is 2. The summed E-state index contributed by atoms with van der Waals surface area (Å²) in [6.45, 7) is 4.05. The van der Waals surface area contributed by atoms with E-state index < -0.39 is 0 Å². The molecule has 0 aliphatic heterocycles. The predicted octanol–water partition coefficient (Wildman–Crippen LogP) is 4.44. The quantitative estimate of drug-likeness (QED) is 0.700. The minimum Gasteiger partial charge on any atom is -0.346 e. The lowest BCUT2D eigenvalue weighted by atomic mass is 10.1. The van der Waals surface area contributed by atoms with Gasteiger partial charge in [-0.2, -0.15) is 0 Å². The largest absolute Gasteiger partial charge is 0.346 e. The van der Waals surface area contributed by atoms with E-state index in [1.165, 1.54) is 5.56 Å². The molecule has 0 saturated carbocycles. The van der Waals surface area contributed by atoms with Gasteiger partial charge < -0.3 is 10.3 Å². The van der Waals surface area contributed by atoms with Gasteiger partial charge in [0, 0.05) is 29.0 Å². The minimum atomic E-state index is -0.112. The number of carbonyl (C=O) groups excluding carboxylic acids is 1. The van der Waals surface area contributed by atoms with E-state index in [9.17, 15) is 4.79 Å². The fourth-order valence-corrected chi connectivity index (χ4v) is 2.48. The Morgan fingerprint density at radius 3 is 3.00 bits per heavy atom. The number of pyridine rings is 1. The third-order valence-electron chi connectivity index (χ3n) is 3.71. The van der Waals surface area contributed by atoms with Gasteiger partial charge in [-0.1, -0.05) is 25.1 Å². The van der Waals surface area contributed by atoms with Crippen LogP contribution in [0.4, 0.5) is 5.69 Å². The van der Waals surface area contributed by atoms with Gasteiger partial charge in [0.15, 0.2) is 0 Å². The number of hydrogen-bond acceptors (Lipinski definition) is 2. The van der Waals surface area contributed by atoms with Gasteiger partial charge in [0.2, 0.25) is 5.91 Å². The lowest BCUT2D eigenvalue weighted by Gasteiger charge is -2.06. The van der Waals surface area contributed by atoms with Gasteiger partial charge in [-0.15, -0.1) is 0 Å². The summed E-state index contributed by atoms with van der Waals surface area (Å²) in [6, 6.07) is 9.91. The molecule has 2 heterocycles. The van der Waals surface area contributed by atoms with Crippen molar-refractivity contribution in [1.29, 1.82) is 0 Å². The second-order valence-corrected chi connectivity index (χ2v) is 5.47. The number of anilines is 1. The molecule has 0 unspecified atom stereocenters. The van der Waals surface area contributed by atoms with E-state index in [0.29, 0.717) is 0 Å². The molecule has 1 aromatic carbocycles. The summed E-state index contributed by atoms with van der Waals surface area (Å²) in [5, 5.41) is 3.99. The summed E-state index contributed by atoms with van der Waals surface area (Å²) < 4.78 is 0. The van der Waals surface area contributed by atoms with Crippen LogP contribution in [-0.2, 0) is 4.79 Å². The molecular formula is C19H19N3O. The Bertz CT molecular complexity index is 877. The SMILES string of the molecule is CCC=CC(=O)Nc1cccc(-c2cnc3[nH]cc(C)c3c2)c1. The Morgan fingerprint density at radius 1 is 1.30 bits per heavy atom. The van der Waals surface area contributed by atoms with Crippen LogP contribution in [0.5, 0.6) is 0 Å². The lowest BCUT2D eigenvalue weighted by Crippen LogP contribution is -2.07. The maximum atomic E-state index is 11.8. The van der Waals surface area contributed by atoms with Gasteiger partial charge in [-0.3, -0.25) is 4.79 Å². The number of aromatic amines is 1. The molecule has 3 aromatic rings. The molecule has 23 heavy (non-hydrogen) atoms. The molecule has 2 N–H and O–H groups in total. The Kier molecular flexibility index (Phi) is 4.24. The number of benzene rings is 1. The summed E-state index contributed by atoms with van der Waals surface area (Å²) in [7, 11) is 0. The first-order valence-electron chi connectivity index (χ1n) is 7.69. The van der Waals surface area contributed by atoms with Gasteiger partial charge in [-0.25, -0.2) is 4.98 Å². The third kappa shape index (κ3) is 3.31. The van der Waals surface area contributed by atoms with Crippen LogP contribution in [0, 0.1) is 6.92 Å². The van der Waals surface area contributed by atoms with Crippen LogP contribution in [0.25, 0.3) is 22.2 Å². The van der Waals surface area contributed by atoms with Crippen molar-refractivity contribution in [2.75, 3.05) is 5.32 Å². The highest BCUT2D eigenvalue weighted by Crippen LogP contribution is 2.26. The van der Waals surface area contributed by atoms with Crippen molar-refractivity contribution < 1.29 is 4.79 Å². The molecule has 3 rings (SSSR count). The molecule has 4 heteroatoms. The molecule has 0 bridgehead atoms. The number of aryl methyl sites for hydroxylation is 1. The number of fused-ring (bicyclic) bond motifs is 1. The summed E-state index contributed by atoms with van der Waals surface area (Å²) in [5.74, 6) is -0.112. The van der Waals surface area contributed by atoms with Crippen LogP contribution in [0.3, 0.4) is 0 Å². The first-order chi connectivity index (χ1) is 11.2. The molecule has 116 valence electrons. The zero-order chi connectivity index (χ0) is 16.2. The highest BCUT2D eigenvalue weighted by molar-refractivity contribution is 5.99. The number of nitrogens with zero attached hydrogens (tertiary/aromatic N) is 1. The van der Waals surface area contributed by atoms with Crippen LogP contribution >= 0.6 is 0 Å². The van der Waals surface area contributed by atoms with Crippen LogP contribution in [0.1, 0.15) is 18.9 Å². The molecule has 0 aliphatic rings. The zero-order valence-electron chi connectivity index (χ0n) is 13.3. The van der Waals surface area contributed by atoms with E-state index in [-0.39, 0.29) is 5.91 Å². The Morgan fingerprint density at radius 2 is 2.17 bits per heavy atom. The van der Waals surface area contributed by atoms with Gasteiger partial charge in [0.05, 0.1) is 0 Å². The van der Waals surface area contributed by atoms with Gasteiger partial charge in [0.1, 0.15) is 5.65 Å². The lowest BCUT2D eigenvalue weighted by molar-refractivity contribution is -0.111. The topological polar surface area (TPSA) is 57.8 Å². The average molecular weight is 305 g/mol. The van der Waals surface area contributed by atoms with Crippen molar-refractivity contribution in [2.24, 2.45) is 0 Å². The van der Waals surface area contributed by atoms with Crippen molar-refractivity contribution in [3.8, 4) is 11.1 Å². The number of H-pyrrole nitrogens is 1. The second-order valence-electron chi connectivity index (χ2n) is 5.47. The molecule has 0 fully saturated rings. The summed E-state index contributed by atoms with van der Waals surface area (Å²) in [4.78, 5) is 19.4. The normalized spacial score (nSPS) is 11.2. The summed E-state index contributed by atoms with van der Waals surface area (Å²) in [6.07, 6.45) is 8.04. The highest BCUT2D eigenvalue weighted by atomic mass is 16.1. The van der Waals surface area contributed by atoms with Crippen LogP contribution in [0.2, 0.25) is 0 Å². The molecule has 0 saturated heterocycles. The number of hydrogen-bond donors (Lipinski definition) is 2. The van der Waals surface area contributed by atoms with E-state index in [1.54, 1.807) is 6.08 Å². The average Bonchev–Trinajstić information content (AvgIpc) is 2.94. The number of nitrogens with one attached hydrogen (secondary N) is 2. The smallest absolute Gasteiger partial charge is 0.248 e. The number of rotatable bonds is 4. The van der Waals surface area contributed by atoms with E-state index in [0.717, 1.165) is 34.3 Å². The van der Waals surface area contributed by atoms with Crippen LogP contribution in [-0.4, -0.2) is 15.9 Å². The Hall–Kier alpha value is -2.88. The fourth-order valence-electron chi connectivity index (χ4n) is 2.48. The minimum absolute atomic E-state index is 0.112.